The van der Waals surface area contributed by atoms with Crippen LogP contribution in [0.15, 0.2) is 42.6 Å². The molecule has 0 spiro atoms. The summed E-state index contributed by atoms with van der Waals surface area (Å²) in [5.74, 6) is 0.273. The molecular formula is C20H21Cl2N3O3. The third-order valence-electron chi connectivity index (χ3n) is 4.57. The van der Waals surface area contributed by atoms with Crippen molar-refractivity contribution in [3.05, 3.63) is 52.6 Å². The zero-order chi connectivity index (χ0) is 20.1. The number of amides is 2. The number of pyridine rings is 1. The monoisotopic (exact) mass is 421 g/mol. The van der Waals surface area contributed by atoms with Gasteiger partial charge in [-0.1, -0.05) is 35.3 Å². The van der Waals surface area contributed by atoms with Crippen LogP contribution in [0.1, 0.15) is 19.8 Å². The Bertz CT molecular complexity index is 845. The highest BCUT2D eigenvalue weighted by atomic mass is 35.5. The molecule has 148 valence electrons. The highest BCUT2D eigenvalue weighted by Gasteiger charge is 2.31. The summed E-state index contributed by atoms with van der Waals surface area (Å²) in [6.45, 7) is 2.62. The Kier molecular flexibility index (Phi) is 6.75. The molecule has 2 heterocycles. The van der Waals surface area contributed by atoms with E-state index in [1.54, 1.807) is 48.2 Å². The van der Waals surface area contributed by atoms with Gasteiger partial charge in [-0.3, -0.25) is 9.59 Å². The number of aromatic nitrogens is 1. The van der Waals surface area contributed by atoms with E-state index >= 15 is 0 Å². The Balaban J connectivity index is 1.58. The molecule has 1 fully saturated rings. The number of para-hydroxylation sites is 1. The van der Waals surface area contributed by atoms with Gasteiger partial charge >= 0.3 is 0 Å². The van der Waals surface area contributed by atoms with Gasteiger partial charge in [0.05, 0.1) is 16.0 Å². The van der Waals surface area contributed by atoms with E-state index in [-0.39, 0.29) is 17.7 Å². The summed E-state index contributed by atoms with van der Waals surface area (Å²) in [7, 11) is 0. The van der Waals surface area contributed by atoms with E-state index < -0.39 is 6.10 Å². The number of carbonyl (C=O) groups is 2. The van der Waals surface area contributed by atoms with E-state index in [0.717, 1.165) is 6.42 Å². The standard InChI is InChI=1S/C20H21Cl2N3O3/c1-13(28-17-7-3-2-6-16(17)22)20(27)25-10-4-5-14(12-25)19(26)24-18-9-8-15(21)11-23-18/h2-3,6-9,11,13-14H,4-5,10,12H2,1H3,(H,23,24,26). The second-order valence-electron chi connectivity index (χ2n) is 6.66. The van der Waals surface area contributed by atoms with Gasteiger partial charge in [0.1, 0.15) is 11.6 Å². The minimum Gasteiger partial charge on any atom is -0.479 e. The van der Waals surface area contributed by atoms with Crippen LogP contribution in [0.3, 0.4) is 0 Å². The average Bonchev–Trinajstić information content (AvgIpc) is 2.71. The molecule has 0 bridgehead atoms. The number of benzene rings is 1. The zero-order valence-corrected chi connectivity index (χ0v) is 16.9. The fraction of sp³-hybridized carbons (Fsp3) is 0.350. The number of rotatable bonds is 5. The van der Waals surface area contributed by atoms with Gasteiger partial charge in [-0.25, -0.2) is 4.98 Å². The first kappa shape index (κ1) is 20.4. The number of hydrogen-bond donors (Lipinski definition) is 1. The molecule has 2 aromatic rings. The Morgan fingerprint density at radius 2 is 2.04 bits per heavy atom. The molecule has 0 saturated carbocycles. The highest BCUT2D eigenvalue weighted by molar-refractivity contribution is 6.32. The number of nitrogens with one attached hydrogen (secondary N) is 1. The van der Waals surface area contributed by atoms with Gasteiger partial charge in [0.2, 0.25) is 5.91 Å². The predicted octanol–water partition coefficient (Wildman–Crippen LogP) is 4.03. The smallest absolute Gasteiger partial charge is 0.263 e. The molecule has 1 aromatic carbocycles. The SMILES string of the molecule is CC(Oc1ccccc1Cl)C(=O)N1CCCC(C(=O)Nc2ccc(Cl)cn2)C1. The van der Waals surface area contributed by atoms with E-state index in [1.165, 1.54) is 6.20 Å². The minimum atomic E-state index is -0.695. The lowest BCUT2D eigenvalue weighted by Gasteiger charge is -2.33. The van der Waals surface area contributed by atoms with E-state index in [9.17, 15) is 9.59 Å². The van der Waals surface area contributed by atoms with Gasteiger partial charge in [-0.15, -0.1) is 0 Å². The number of nitrogens with zero attached hydrogens (tertiary/aromatic N) is 2. The lowest BCUT2D eigenvalue weighted by atomic mass is 9.96. The highest BCUT2D eigenvalue weighted by Crippen LogP contribution is 2.25. The van der Waals surface area contributed by atoms with Crippen LogP contribution in [0.5, 0.6) is 5.75 Å². The van der Waals surface area contributed by atoms with Gasteiger partial charge in [0.25, 0.3) is 5.91 Å². The number of piperidine rings is 1. The van der Waals surface area contributed by atoms with Crippen LogP contribution in [0.25, 0.3) is 0 Å². The molecule has 1 aliphatic rings. The molecule has 28 heavy (non-hydrogen) atoms. The summed E-state index contributed by atoms with van der Waals surface area (Å²) in [6.07, 6.45) is 2.24. The Hall–Kier alpha value is -2.31. The van der Waals surface area contributed by atoms with Crippen molar-refractivity contribution >= 4 is 40.8 Å². The molecule has 1 N–H and O–H groups in total. The Morgan fingerprint density at radius 1 is 1.25 bits per heavy atom. The van der Waals surface area contributed by atoms with Crippen LogP contribution < -0.4 is 10.1 Å². The molecule has 2 atom stereocenters. The first-order valence-electron chi connectivity index (χ1n) is 9.06. The normalized spacial score (nSPS) is 17.7. The third-order valence-corrected chi connectivity index (χ3v) is 5.11. The lowest BCUT2D eigenvalue weighted by molar-refractivity contribution is -0.140. The fourth-order valence-electron chi connectivity index (χ4n) is 3.11. The van der Waals surface area contributed by atoms with Crippen molar-refractivity contribution in [1.82, 2.24) is 9.88 Å². The number of hydrogen-bond acceptors (Lipinski definition) is 4. The Morgan fingerprint density at radius 3 is 2.75 bits per heavy atom. The van der Waals surface area contributed by atoms with Crippen molar-refractivity contribution in [2.75, 3.05) is 18.4 Å². The maximum Gasteiger partial charge on any atom is 0.263 e. The summed E-state index contributed by atoms with van der Waals surface area (Å²) < 4.78 is 5.72. The Labute approximate surface area is 173 Å². The molecule has 0 aliphatic carbocycles. The van der Waals surface area contributed by atoms with Gasteiger partial charge < -0.3 is 15.0 Å². The molecule has 8 heteroatoms. The quantitative estimate of drug-likeness (QED) is 0.790. The summed E-state index contributed by atoms with van der Waals surface area (Å²) >= 11 is 11.9. The molecule has 2 amide bonds. The molecule has 6 nitrogen and oxygen atoms in total. The largest absolute Gasteiger partial charge is 0.479 e. The van der Waals surface area contributed by atoms with E-state index in [2.05, 4.69) is 10.3 Å². The van der Waals surface area contributed by atoms with Gasteiger partial charge in [-0.05, 0) is 44.0 Å². The van der Waals surface area contributed by atoms with Crippen molar-refractivity contribution in [1.29, 1.82) is 0 Å². The fourth-order valence-corrected chi connectivity index (χ4v) is 3.40. The summed E-state index contributed by atoms with van der Waals surface area (Å²) in [5.41, 5.74) is 0. The summed E-state index contributed by atoms with van der Waals surface area (Å²) in [5, 5.41) is 3.73. The van der Waals surface area contributed by atoms with Crippen molar-refractivity contribution in [2.45, 2.75) is 25.9 Å². The molecular weight excluding hydrogens is 401 g/mol. The first-order chi connectivity index (χ1) is 13.4. The van der Waals surface area contributed by atoms with Crippen LogP contribution in [-0.4, -0.2) is 40.9 Å². The summed E-state index contributed by atoms with van der Waals surface area (Å²) in [4.78, 5) is 31.1. The van der Waals surface area contributed by atoms with Gasteiger partial charge in [0, 0.05) is 19.3 Å². The molecule has 1 aliphatic heterocycles. The van der Waals surface area contributed by atoms with Crippen LogP contribution in [0.4, 0.5) is 5.82 Å². The number of likely N-dealkylation sites (tertiary alicyclic amines) is 1. The van der Waals surface area contributed by atoms with Crippen LogP contribution >= 0.6 is 23.2 Å². The summed E-state index contributed by atoms with van der Waals surface area (Å²) in [6, 6.07) is 10.3. The molecule has 1 saturated heterocycles. The first-order valence-corrected chi connectivity index (χ1v) is 9.82. The van der Waals surface area contributed by atoms with Crippen molar-refractivity contribution in [2.24, 2.45) is 5.92 Å². The van der Waals surface area contributed by atoms with Crippen LogP contribution in [0, 0.1) is 5.92 Å². The van der Waals surface area contributed by atoms with Crippen molar-refractivity contribution < 1.29 is 14.3 Å². The molecule has 1 aromatic heterocycles. The lowest BCUT2D eigenvalue weighted by Crippen LogP contribution is -2.48. The molecule has 2 unspecified atom stereocenters. The number of carbonyl (C=O) groups excluding carboxylic acids is 2. The number of anilines is 1. The van der Waals surface area contributed by atoms with E-state index in [1.807, 2.05) is 0 Å². The maximum atomic E-state index is 12.8. The van der Waals surface area contributed by atoms with Crippen molar-refractivity contribution in [3.8, 4) is 5.75 Å². The van der Waals surface area contributed by atoms with Crippen LogP contribution in [-0.2, 0) is 9.59 Å². The second kappa shape index (κ2) is 9.26. The number of halogens is 2. The minimum absolute atomic E-state index is 0.160. The molecule has 0 radical (unpaired) electrons. The van der Waals surface area contributed by atoms with E-state index in [0.29, 0.717) is 41.1 Å². The topological polar surface area (TPSA) is 71.5 Å². The third kappa shape index (κ3) is 5.14. The van der Waals surface area contributed by atoms with E-state index in [4.69, 9.17) is 27.9 Å². The maximum absolute atomic E-state index is 12.8. The second-order valence-corrected chi connectivity index (χ2v) is 7.51. The number of ether oxygens (including phenoxy) is 1. The van der Waals surface area contributed by atoms with Crippen molar-refractivity contribution in [3.63, 3.8) is 0 Å². The predicted molar refractivity (Wildman–Crippen MR) is 109 cm³/mol. The van der Waals surface area contributed by atoms with Gasteiger partial charge in [-0.2, -0.15) is 0 Å². The zero-order valence-electron chi connectivity index (χ0n) is 15.4. The average molecular weight is 422 g/mol. The van der Waals surface area contributed by atoms with Gasteiger partial charge in [0.15, 0.2) is 6.10 Å². The van der Waals surface area contributed by atoms with Crippen LogP contribution in [0.2, 0.25) is 10.0 Å². The molecule has 3 rings (SSSR count).